The van der Waals surface area contributed by atoms with Crippen molar-refractivity contribution in [1.29, 1.82) is 0 Å². The predicted octanol–water partition coefficient (Wildman–Crippen LogP) is 2.73. The molecule has 0 fully saturated rings. The van der Waals surface area contributed by atoms with Crippen molar-refractivity contribution in [3.63, 3.8) is 0 Å². The summed E-state index contributed by atoms with van der Waals surface area (Å²) in [6, 6.07) is 0.266. The summed E-state index contributed by atoms with van der Waals surface area (Å²) in [6.45, 7) is 10.6. The highest BCUT2D eigenvalue weighted by Crippen LogP contribution is 2.21. The van der Waals surface area contributed by atoms with E-state index < -0.39 is 0 Å². The Bertz CT molecular complexity index is 156. The van der Waals surface area contributed by atoms with E-state index in [1.165, 1.54) is 0 Å². The molecule has 0 aromatic heterocycles. The molecule has 0 bridgehead atoms. The summed E-state index contributed by atoms with van der Waals surface area (Å²) in [4.78, 5) is 11.2. The fourth-order valence-electron chi connectivity index (χ4n) is 1.17. The van der Waals surface area contributed by atoms with E-state index in [1.54, 1.807) is 0 Å². The summed E-state index contributed by atoms with van der Waals surface area (Å²) >= 11 is 0. The van der Waals surface area contributed by atoms with E-state index in [9.17, 15) is 4.79 Å². The first-order valence-corrected chi connectivity index (χ1v) is 5.10. The van der Waals surface area contributed by atoms with Gasteiger partial charge < -0.3 is 5.32 Å². The van der Waals surface area contributed by atoms with Gasteiger partial charge in [-0.25, -0.2) is 0 Å². The highest BCUT2D eigenvalue weighted by atomic mass is 16.1. The van der Waals surface area contributed by atoms with Crippen molar-refractivity contribution in [1.82, 2.24) is 5.32 Å². The SMILES string of the molecule is CC(C)NC(=O)CCCC(C)(C)C. The van der Waals surface area contributed by atoms with Crippen LogP contribution in [0.3, 0.4) is 0 Å². The second kappa shape index (κ2) is 5.25. The third-order valence-corrected chi connectivity index (χ3v) is 1.78. The minimum Gasteiger partial charge on any atom is -0.354 e. The summed E-state index contributed by atoms with van der Waals surface area (Å²) in [5.74, 6) is 0.180. The Morgan fingerprint density at radius 1 is 1.31 bits per heavy atom. The van der Waals surface area contributed by atoms with Gasteiger partial charge in [-0.15, -0.1) is 0 Å². The molecule has 0 saturated carbocycles. The lowest BCUT2D eigenvalue weighted by molar-refractivity contribution is -0.121. The molecule has 1 N–H and O–H groups in total. The highest BCUT2D eigenvalue weighted by Gasteiger charge is 2.11. The third kappa shape index (κ3) is 9.38. The summed E-state index contributed by atoms with van der Waals surface area (Å²) < 4.78 is 0. The van der Waals surface area contributed by atoms with Crippen molar-refractivity contribution in [2.45, 2.75) is 59.9 Å². The molecule has 0 aromatic rings. The lowest BCUT2D eigenvalue weighted by Crippen LogP contribution is -2.29. The van der Waals surface area contributed by atoms with Gasteiger partial charge in [0.25, 0.3) is 0 Å². The molecular formula is C11H23NO. The Morgan fingerprint density at radius 3 is 2.23 bits per heavy atom. The van der Waals surface area contributed by atoms with Crippen molar-refractivity contribution >= 4 is 5.91 Å². The van der Waals surface area contributed by atoms with Gasteiger partial charge in [0.1, 0.15) is 0 Å². The van der Waals surface area contributed by atoms with Crippen LogP contribution in [0.5, 0.6) is 0 Å². The first-order valence-electron chi connectivity index (χ1n) is 5.10. The third-order valence-electron chi connectivity index (χ3n) is 1.78. The van der Waals surface area contributed by atoms with Gasteiger partial charge in [-0.1, -0.05) is 20.8 Å². The molecule has 0 rings (SSSR count). The van der Waals surface area contributed by atoms with Gasteiger partial charge in [-0.3, -0.25) is 4.79 Å². The van der Waals surface area contributed by atoms with Gasteiger partial charge in [0.2, 0.25) is 5.91 Å². The first-order chi connectivity index (χ1) is 5.81. The molecular weight excluding hydrogens is 162 g/mol. The monoisotopic (exact) mass is 185 g/mol. The average Bonchev–Trinajstić information content (AvgIpc) is 1.81. The molecule has 0 aliphatic carbocycles. The van der Waals surface area contributed by atoms with E-state index in [1.807, 2.05) is 13.8 Å². The zero-order valence-electron chi connectivity index (χ0n) is 9.61. The van der Waals surface area contributed by atoms with Crippen LogP contribution in [0.4, 0.5) is 0 Å². The molecule has 2 nitrogen and oxygen atoms in total. The van der Waals surface area contributed by atoms with Gasteiger partial charge in [-0.2, -0.15) is 0 Å². The molecule has 0 aromatic carbocycles. The zero-order chi connectivity index (χ0) is 10.5. The first kappa shape index (κ1) is 12.5. The Balaban J connectivity index is 3.49. The molecule has 2 heteroatoms. The predicted molar refractivity (Wildman–Crippen MR) is 56.6 cm³/mol. The summed E-state index contributed by atoms with van der Waals surface area (Å²) in [7, 11) is 0. The number of hydrogen-bond donors (Lipinski definition) is 1. The molecule has 0 aliphatic heterocycles. The largest absolute Gasteiger partial charge is 0.354 e. The fourth-order valence-corrected chi connectivity index (χ4v) is 1.17. The normalized spacial score (nSPS) is 11.8. The second-order valence-corrected chi connectivity index (χ2v) is 5.14. The van der Waals surface area contributed by atoms with Gasteiger partial charge in [0.15, 0.2) is 0 Å². The molecule has 0 heterocycles. The molecule has 1 amide bonds. The number of rotatable bonds is 4. The van der Waals surface area contributed by atoms with Crippen molar-refractivity contribution in [2.75, 3.05) is 0 Å². The lowest BCUT2D eigenvalue weighted by atomic mass is 9.90. The quantitative estimate of drug-likeness (QED) is 0.717. The molecule has 0 aliphatic rings. The summed E-state index contributed by atoms with van der Waals surface area (Å²) in [6.07, 6.45) is 2.76. The lowest BCUT2D eigenvalue weighted by Gasteiger charge is -2.17. The van der Waals surface area contributed by atoms with Crippen molar-refractivity contribution < 1.29 is 4.79 Å². The van der Waals surface area contributed by atoms with Gasteiger partial charge in [0, 0.05) is 12.5 Å². The van der Waals surface area contributed by atoms with Crippen LogP contribution in [-0.2, 0) is 4.79 Å². The smallest absolute Gasteiger partial charge is 0.220 e. The van der Waals surface area contributed by atoms with Crippen LogP contribution in [0.2, 0.25) is 0 Å². The fraction of sp³-hybridized carbons (Fsp3) is 0.909. The van der Waals surface area contributed by atoms with Gasteiger partial charge in [0.05, 0.1) is 0 Å². The number of carbonyl (C=O) groups is 1. The van der Waals surface area contributed by atoms with E-state index >= 15 is 0 Å². The van der Waals surface area contributed by atoms with Gasteiger partial charge >= 0.3 is 0 Å². The number of carbonyl (C=O) groups excluding carboxylic acids is 1. The molecule has 0 radical (unpaired) electrons. The zero-order valence-corrected chi connectivity index (χ0v) is 9.61. The highest BCUT2D eigenvalue weighted by molar-refractivity contribution is 5.76. The number of hydrogen-bond acceptors (Lipinski definition) is 1. The van der Waals surface area contributed by atoms with E-state index in [-0.39, 0.29) is 11.9 Å². The second-order valence-electron chi connectivity index (χ2n) is 5.14. The van der Waals surface area contributed by atoms with Crippen molar-refractivity contribution in [2.24, 2.45) is 5.41 Å². The van der Waals surface area contributed by atoms with Crippen LogP contribution in [0, 0.1) is 5.41 Å². The van der Waals surface area contributed by atoms with Crippen LogP contribution >= 0.6 is 0 Å². The minimum atomic E-state index is 0.180. The summed E-state index contributed by atoms with van der Waals surface area (Å²) in [5.41, 5.74) is 0.345. The van der Waals surface area contributed by atoms with E-state index in [0.717, 1.165) is 12.8 Å². The van der Waals surface area contributed by atoms with Crippen LogP contribution < -0.4 is 5.32 Å². The molecule has 0 spiro atoms. The Kier molecular flexibility index (Phi) is 5.04. The molecule has 0 atom stereocenters. The van der Waals surface area contributed by atoms with Crippen LogP contribution in [-0.4, -0.2) is 11.9 Å². The topological polar surface area (TPSA) is 29.1 Å². The number of nitrogens with one attached hydrogen (secondary N) is 1. The van der Waals surface area contributed by atoms with E-state index in [0.29, 0.717) is 11.8 Å². The Labute approximate surface area is 82.1 Å². The summed E-state index contributed by atoms with van der Waals surface area (Å²) in [5, 5.41) is 2.89. The van der Waals surface area contributed by atoms with Crippen LogP contribution in [0.15, 0.2) is 0 Å². The van der Waals surface area contributed by atoms with Gasteiger partial charge in [-0.05, 0) is 32.1 Å². The standard InChI is InChI=1S/C11H23NO/c1-9(2)12-10(13)7-6-8-11(3,4)5/h9H,6-8H2,1-5H3,(H,12,13). The maximum atomic E-state index is 11.2. The molecule has 13 heavy (non-hydrogen) atoms. The van der Waals surface area contributed by atoms with E-state index in [2.05, 4.69) is 26.1 Å². The van der Waals surface area contributed by atoms with Crippen molar-refractivity contribution in [3.8, 4) is 0 Å². The Hall–Kier alpha value is -0.530. The van der Waals surface area contributed by atoms with Crippen molar-refractivity contribution in [3.05, 3.63) is 0 Å². The number of amides is 1. The maximum Gasteiger partial charge on any atom is 0.220 e. The molecule has 0 saturated heterocycles. The van der Waals surface area contributed by atoms with Crippen LogP contribution in [0.1, 0.15) is 53.9 Å². The molecule has 0 unspecified atom stereocenters. The minimum absolute atomic E-state index is 0.180. The average molecular weight is 185 g/mol. The molecule has 78 valence electrons. The maximum absolute atomic E-state index is 11.2. The Morgan fingerprint density at radius 2 is 1.85 bits per heavy atom. The van der Waals surface area contributed by atoms with Crippen LogP contribution in [0.25, 0.3) is 0 Å². The van der Waals surface area contributed by atoms with E-state index in [4.69, 9.17) is 0 Å².